The Bertz CT molecular complexity index is 378. The summed E-state index contributed by atoms with van der Waals surface area (Å²) >= 11 is 0. The predicted molar refractivity (Wildman–Crippen MR) is 61.0 cm³/mol. The second-order valence-electron chi connectivity index (χ2n) is 4.80. The third-order valence-electron chi connectivity index (χ3n) is 2.72. The lowest BCUT2D eigenvalue weighted by molar-refractivity contribution is -0.146. The molecule has 0 aliphatic carbocycles. The summed E-state index contributed by atoms with van der Waals surface area (Å²) in [5.41, 5.74) is 2.77. The van der Waals surface area contributed by atoms with Crippen LogP contribution >= 0.6 is 0 Å². The quantitative estimate of drug-likeness (QED) is 0.825. The van der Waals surface area contributed by atoms with Gasteiger partial charge in [0, 0.05) is 0 Å². The number of carbonyl (C=O) groups is 1. The van der Waals surface area contributed by atoms with Crippen LogP contribution in [0.25, 0.3) is 0 Å². The molecule has 0 aromatic heterocycles. The Morgan fingerprint density at radius 2 is 1.93 bits per heavy atom. The largest absolute Gasteiger partial charge is 0.481 e. The zero-order chi connectivity index (χ0) is 11.6. The van der Waals surface area contributed by atoms with Crippen LogP contribution in [0, 0.1) is 19.3 Å². The molecule has 0 fully saturated rings. The first-order valence-corrected chi connectivity index (χ1v) is 5.12. The molecule has 0 aliphatic rings. The molecule has 1 aromatic carbocycles. The topological polar surface area (TPSA) is 37.3 Å². The summed E-state index contributed by atoms with van der Waals surface area (Å²) in [4.78, 5) is 11.0. The van der Waals surface area contributed by atoms with Crippen molar-refractivity contribution in [2.24, 2.45) is 5.41 Å². The number of hydrogen-bond acceptors (Lipinski definition) is 1. The van der Waals surface area contributed by atoms with Crippen molar-refractivity contribution in [2.75, 3.05) is 0 Å². The van der Waals surface area contributed by atoms with Gasteiger partial charge in [-0.3, -0.25) is 4.79 Å². The van der Waals surface area contributed by atoms with Gasteiger partial charge >= 0.3 is 5.97 Å². The van der Waals surface area contributed by atoms with E-state index in [9.17, 15) is 4.79 Å². The SMILES string of the molecule is Cc1ccc(C)c(CC(C)(C)C(=O)O)c1. The van der Waals surface area contributed by atoms with Crippen molar-refractivity contribution in [3.05, 3.63) is 34.9 Å². The van der Waals surface area contributed by atoms with E-state index in [-0.39, 0.29) is 0 Å². The van der Waals surface area contributed by atoms with E-state index in [1.807, 2.05) is 26.0 Å². The average Bonchev–Trinajstić information content (AvgIpc) is 2.10. The Labute approximate surface area is 90.9 Å². The number of aliphatic carboxylic acids is 1. The molecule has 0 saturated carbocycles. The van der Waals surface area contributed by atoms with Crippen molar-refractivity contribution in [1.82, 2.24) is 0 Å². The molecule has 1 N–H and O–H groups in total. The smallest absolute Gasteiger partial charge is 0.309 e. The van der Waals surface area contributed by atoms with E-state index in [0.29, 0.717) is 6.42 Å². The van der Waals surface area contributed by atoms with E-state index in [2.05, 4.69) is 6.07 Å². The number of carboxylic acid groups (broad SMARTS) is 1. The van der Waals surface area contributed by atoms with Crippen molar-refractivity contribution in [2.45, 2.75) is 34.1 Å². The minimum absolute atomic E-state index is 0.579. The van der Waals surface area contributed by atoms with Crippen molar-refractivity contribution < 1.29 is 9.90 Å². The molecule has 1 aromatic rings. The van der Waals surface area contributed by atoms with Gasteiger partial charge in [-0.25, -0.2) is 0 Å². The van der Waals surface area contributed by atoms with Crippen LogP contribution in [0.1, 0.15) is 30.5 Å². The molecule has 15 heavy (non-hydrogen) atoms. The molecule has 2 heteroatoms. The van der Waals surface area contributed by atoms with Crippen molar-refractivity contribution in [1.29, 1.82) is 0 Å². The Morgan fingerprint density at radius 3 is 2.47 bits per heavy atom. The lowest BCUT2D eigenvalue weighted by atomic mass is 9.84. The van der Waals surface area contributed by atoms with Gasteiger partial charge in [-0.15, -0.1) is 0 Å². The molecule has 0 atom stereocenters. The van der Waals surface area contributed by atoms with Crippen LogP contribution in [0.5, 0.6) is 0 Å². The Morgan fingerprint density at radius 1 is 1.33 bits per heavy atom. The van der Waals surface area contributed by atoms with Crippen molar-refractivity contribution in [3.8, 4) is 0 Å². The van der Waals surface area contributed by atoms with Crippen LogP contribution in [-0.4, -0.2) is 11.1 Å². The van der Waals surface area contributed by atoms with Crippen LogP contribution in [0.2, 0.25) is 0 Å². The fourth-order valence-corrected chi connectivity index (χ4v) is 1.54. The average molecular weight is 206 g/mol. The van der Waals surface area contributed by atoms with Gasteiger partial charge in [-0.1, -0.05) is 23.8 Å². The fraction of sp³-hybridized carbons (Fsp3) is 0.462. The van der Waals surface area contributed by atoms with Gasteiger partial charge in [0.05, 0.1) is 5.41 Å². The molecule has 0 radical (unpaired) electrons. The van der Waals surface area contributed by atoms with E-state index in [4.69, 9.17) is 5.11 Å². The van der Waals surface area contributed by atoms with E-state index in [0.717, 1.165) is 11.1 Å². The normalized spacial score (nSPS) is 11.5. The number of aryl methyl sites for hydroxylation is 2. The minimum Gasteiger partial charge on any atom is -0.481 e. The number of rotatable bonds is 3. The number of benzene rings is 1. The fourth-order valence-electron chi connectivity index (χ4n) is 1.54. The first-order valence-electron chi connectivity index (χ1n) is 5.12. The summed E-state index contributed by atoms with van der Waals surface area (Å²) in [7, 11) is 0. The van der Waals surface area contributed by atoms with E-state index in [1.165, 1.54) is 5.56 Å². The predicted octanol–water partition coefficient (Wildman–Crippen LogP) is 2.96. The highest BCUT2D eigenvalue weighted by Gasteiger charge is 2.27. The lowest BCUT2D eigenvalue weighted by Crippen LogP contribution is -2.26. The highest BCUT2D eigenvalue weighted by Crippen LogP contribution is 2.24. The first-order chi connectivity index (χ1) is 6.83. The molecule has 1 rings (SSSR count). The summed E-state index contributed by atoms with van der Waals surface area (Å²) in [5, 5.41) is 9.06. The summed E-state index contributed by atoms with van der Waals surface area (Å²) < 4.78 is 0. The van der Waals surface area contributed by atoms with E-state index in [1.54, 1.807) is 13.8 Å². The molecule has 0 saturated heterocycles. The van der Waals surface area contributed by atoms with Gasteiger partial charge in [0.1, 0.15) is 0 Å². The summed E-state index contributed by atoms with van der Waals surface area (Å²) in [5.74, 6) is -0.747. The van der Waals surface area contributed by atoms with Gasteiger partial charge in [0.15, 0.2) is 0 Å². The Balaban J connectivity index is 2.99. The molecular formula is C13H18O2. The van der Waals surface area contributed by atoms with Gasteiger partial charge in [0.25, 0.3) is 0 Å². The summed E-state index contributed by atoms with van der Waals surface area (Å²) in [6.45, 7) is 7.57. The molecule has 0 spiro atoms. The highest BCUT2D eigenvalue weighted by molar-refractivity contribution is 5.74. The second-order valence-corrected chi connectivity index (χ2v) is 4.80. The van der Waals surface area contributed by atoms with Gasteiger partial charge < -0.3 is 5.11 Å². The Hall–Kier alpha value is -1.31. The van der Waals surface area contributed by atoms with E-state index < -0.39 is 11.4 Å². The van der Waals surface area contributed by atoms with Crippen molar-refractivity contribution >= 4 is 5.97 Å². The maximum Gasteiger partial charge on any atom is 0.309 e. The lowest BCUT2D eigenvalue weighted by Gasteiger charge is -2.20. The Kier molecular flexibility index (Phi) is 3.18. The van der Waals surface area contributed by atoms with Crippen LogP contribution < -0.4 is 0 Å². The van der Waals surface area contributed by atoms with Crippen LogP contribution in [0.15, 0.2) is 18.2 Å². The van der Waals surface area contributed by atoms with Crippen LogP contribution in [0.4, 0.5) is 0 Å². The highest BCUT2D eigenvalue weighted by atomic mass is 16.4. The maximum absolute atomic E-state index is 11.0. The van der Waals surface area contributed by atoms with E-state index >= 15 is 0 Å². The number of hydrogen-bond donors (Lipinski definition) is 1. The standard InChI is InChI=1S/C13H18O2/c1-9-5-6-10(2)11(7-9)8-13(3,4)12(14)15/h5-7H,8H2,1-4H3,(H,14,15). The summed E-state index contributed by atoms with van der Waals surface area (Å²) in [6, 6.07) is 6.16. The third kappa shape index (κ3) is 2.82. The minimum atomic E-state index is -0.747. The van der Waals surface area contributed by atoms with Crippen LogP contribution in [0.3, 0.4) is 0 Å². The number of carboxylic acids is 1. The third-order valence-corrected chi connectivity index (χ3v) is 2.72. The van der Waals surface area contributed by atoms with Gasteiger partial charge in [-0.2, -0.15) is 0 Å². The monoisotopic (exact) mass is 206 g/mol. The molecule has 82 valence electrons. The molecule has 2 nitrogen and oxygen atoms in total. The van der Waals surface area contributed by atoms with Gasteiger partial charge in [0.2, 0.25) is 0 Å². The first kappa shape index (κ1) is 11.8. The van der Waals surface area contributed by atoms with Crippen LogP contribution in [-0.2, 0) is 11.2 Å². The zero-order valence-electron chi connectivity index (χ0n) is 9.79. The molecule has 0 heterocycles. The molecule has 0 bridgehead atoms. The maximum atomic E-state index is 11.0. The molecule has 0 aliphatic heterocycles. The van der Waals surface area contributed by atoms with Gasteiger partial charge in [-0.05, 0) is 45.2 Å². The summed E-state index contributed by atoms with van der Waals surface area (Å²) in [6.07, 6.45) is 0.579. The zero-order valence-corrected chi connectivity index (χ0v) is 9.79. The van der Waals surface area contributed by atoms with Crippen molar-refractivity contribution in [3.63, 3.8) is 0 Å². The second kappa shape index (κ2) is 4.05. The molecule has 0 unspecified atom stereocenters. The molecule has 0 amide bonds. The molecular weight excluding hydrogens is 188 g/mol.